The summed E-state index contributed by atoms with van der Waals surface area (Å²) in [6, 6.07) is 16.4. The largest absolute Gasteiger partial charge is 0.451 e. The van der Waals surface area contributed by atoms with Crippen molar-refractivity contribution in [1.82, 2.24) is 0 Å². The summed E-state index contributed by atoms with van der Waals surface area (Å²) in [7, 11) is 0. The van der Waals surface area contributed by atoms with Crippen LogP contribution in [0.2, 0.25) is 5.02 Å². The molecule has 24 heavy (non-hydrogen) atoms. The van der Waals surface area contributed by atoms with Gasteiger partial charge in [0.05, 0.1) is 5.02 Å². The Kier molecular flexibility index (Phi) is 4.67. The van der Waals surface area contributed by atoms with Gasteiger partial charge in [0.2, 0.25) is 0 Å². The standard InChI is InChI=1S/C19H15ClFNO2/c1-2-22(14-9-7-13(21)8-10-14)19(23)18-12-11-17(24-18)15-5-3-4-6-16(15)20/h3-12H,2H2,1H3. The van der Waals surface area contributed by atoms with Gasteiger partial charge in [0.25, 0.3) is 5.91 Å². The van der Waals surface area contributed by atoms with Crippen molar-refractivity contribution in [3.05, 3.63) is 77.3 Å². The van der Waals surface area contributed by atoms with Crippen molar-refractivity contribution in [1.29, 1.82) is 0 Å². The minimum absolute atomic E-state index is 0.205. The van der Waals surface area contributed by atoms with Crippen molar-refractivity contribution in [3.8, 4) is 11.3 Å². The summed E-state index contributed by atoms with van der Waals surface area (Å²) >= 11 is 6.16. The van der Waals surface area contributed by atoms with E-state index in [1.165, 1.54) is 17.0 Å². The van der Waals surface area contributed by atoms with E-state index in [9.17, 15) is 9.18 Å². The van der Waals surface area contributed by atoms with Gasteiger partial charge in [0, 0.05) is 17.8 Å². The van der Waals surface area contributed by atoms with Crippen LogP contribution in [0.3, 0.4) is 0 Å². The van der Waals surface area contributed by atoms with Crippen LogP contribution in [-0.4, -0.2) is 12.5 Å². The number of amides is 1. The van der Waals surface area contributed by atoms with Gasteiger partial charge in [-0.1, -0.05) is 23.7 Å². The molecule has 3 nitrogen and oxygen atoms in total. The lowest BCUT2D eigenvalue weighted by Gasteiger charge is -2.19. The highest BCUT2D eigenvalue weighted by Crippen LogP contribution is 2.30. The first-order valence-corrected chi connectivity index (χ1v) is 7.90. The topological polar surface area (TPSA) is 33.5 Å². The van der Waals surface area contributed by atoms with E-state index in [1.807, 2.05) is 25.1 Å². The maximum absolute atomic E-state index is 13.1. The molecule has 0 unspecified atom stereocenters. The van der Waals surface area contributed by atoms with Gasteiger partial charge in [-0.3, -0.25) is 4.79 Å². The molecule has 0 atom stereocenters. The molecule has 0 radical (unpaired) electrons. The maximum atomic E-state index is 13.1. The number of furan rings is 1. The second-order valence-electron chi connectivity index (χ2n) is 5.17. The van der Waals surface area contributed by atoms with Crippen molar-refractivity contribution in [2.45, 2.75) is 6.92 Å². The number of benzene rings is 2. The summed E-state index contributed by atoms with van der Waals surface area (Å²) < 4.78 is 18.8. The number of carbonyl (C=O) groups excluding carboxylic acids is 1. The smallest absolute Gasteiger partial charge is 0.293 e. The molecule has 0 aliphatic rings. The molecule has 1 aromatic heterocycles. The fraction of sp³-hybridized carbons (Fsp3) is 0.105. The van der Waals surface area contributed by atoms with Crippen LogP contribution in [0.15, 0.2) is 65.1 Å². The van der Waals surface area contributed by atoms with E-state index in [-0.39, 0.29) is 17.5 Å². The predicted octanol–water partition coefficient (Wildman–Crippen LogP) is 5.41. The first-order chi connectivity index (χ1) is 11.6. The highest BCUT2D eigenvalue weighted by atomic mass is 35.5. The number of halogens is 2. The van der Waals surface area contributed by atoms with Crippen LogP contribution in [-0.2, 0) is 0 Å². The van der Waals surface area contributed by atoms with Crippen molar-refractivity contribution < 1.29 is 13.6 Å². The molecule has 0 fully saturated rings. The summed E-state index contributed by atoms with van der Waals surface area (Å²) in [5, 5.41) is 0.553. The van der Waals surface area contributed by atoms with Crippen LogP contribution >= 0.6 is 11.6 Å². The Morgan fingerprint density at radius 2 is 1.79 bits per heavy atom. The highest BCUT2D eigenvalue weighted by Gasteiger charge is 2.20. The number of hydrogen-bond donors (Lipinski definition) is 0. The number of nitrogens with zero attached hydrogens (tertiary/aromatic N) is 1. The molecule has 0 bridgehead atoms. The molecule has 0 saturated heterocycles. The molecule has 0 spiro atoms. The summed E-state index contributed by atoms with van der Waals surface area (Å²) in [5.74, 6) is 0.0962. The average molecular weight is 344 g/mol. The molecule has 0 saturated carbocycles. The summed E-state index contributed by atoms with van der Waals surface area (Å²) in [5.41, 5.74) is 1.34. The number of rotatable bonds is 4. The Morgan fingerprint density at radius 1 is 1.08 bits per heavy atom. The van der Waals surface area contributed by atoms with Crippen molar-refractivity contribution in [3.63, 3.8) is 0 Å². The van der Waals surface area contributed by atoms with Gasteiger partial charge in [0.1, 0.15) is 11.6 Å². The zero-order chi connectivity index (χ0) is 17.1. The minimum atomic E-state index is -0.346. The quantitative estimate of drug-likeness (QED) is 0.635. The summed E-state index contributed by atoms with van der Waals surface area (Å²) in [4.78, 5) is 14.2. The third-order valence-corrected chi connectivity index (χ3v) is 3.99. The van der Waals surface area contributed by atoms with E-state index in [2.05, 4.69) is 0 Å². The van der Waals surface area contributed by atoms with Crippen LogP contribution in [0, 0.1) is 5.82 Å². The molecule has 3 rings (SSSR count). The molecule has 3 aromatic rings. The monoisotopic (exact) mass is 343 g/mol. The Balaban J connectivity index is 1.90. The van der Waals surface area contributed by atoms with E-state index < -0.39 is 0 Å². The minimum Gasteiger partial charge on any atom is -0.451 e. The zero-order valence-corrected chi connectivity index (χ0v) is 13.8. The van der Waals surface area contributed by atoms with Crippen molar-refractivity contribution >= 4 is 23.2 Å². The van der Waals surface area contributed by atoms with Gasteiger partial charge in [-0.15, -0.1) is 0 Å². The van der Waals surface area contributed by atoms with E-state index in [0.717, 1.165) is 5.56 Å². The molecule has 5 heteroatoms. The van der Waals surface area contributed by atoms with E-state index in [0.29, 0.717) is 23.0 Å². The number of carbonyl (C=O) groups is 1. The zero-order valence-electron chi connectivity index (χ0n) is 13.0. The van der Waals surface area contributed by atoms with Crippen LogP contribution in [0.4, 0.5) is 10.1 Å². The summed E-state index contributed by atoms with van der Waals surface area (Å²) in [6.07, 6.45) is 0. The molecule has 0 N–H and O–H groups in total. The lowest BCUT2D eigenvalue weighted by atomic mass is 10.2. The van der Waals surface area contributed by atoms with Crippen molar-refractivity contribution in [2.24, 2.45) is 0 Å². The highest BCUT2D eigenvalue weighted by molar-refractivity contribution is 6.33. The molecule has 2 aromatic carbocycles. The molecule has 122 valence electrons. The SMILES string of the molecule is CCN(C(=O)c1ccc(-c2ccccc2Cl)o1)c1ccc(F)cc1. The van der Waals surface area contributed by atoms with Gasteiger partial charge in [0.15, 0.2) is 5.76 Å². The summed E-state index contributed by atoms with van der Waals surface area (Å²) in [6.45, 7) is 2.28. The van der Waals surface area contributed by atoms with Crippen LogP contribution in [0.1, 0.15) is 17.5 Å². The molecular weight excluding hydrogens is 329 g/mol. The lowest BCUT2D eigenvalue weighted by molar-refractivity contribution is 0.0962. The Hall–Kier alpha value is -2.59. The normalized spacial score (nSPS) is 10.6. The molecule has 0 aliphatic carbocycles. The van der Waals surface area contributed by atoms with E-state index in [1.54, 1.807) is 30.3 Å². The maximum Gasteiger partial charge on any atom is 0.293 e. The Bertz CT molecular complexity index is 858. The first-order valence-electron chi connectivity index (χ1n) is 7.52. The lowest BCUT2D eigenvalue weighted by Crippen LogP contribution is -2.30. The third-order valence-electron chi connectivity index (χ3n) is 3.66. The van der Waals surface area contributed by atoms with Gasteiger partial charge < -0.3 is 9.32 Å². The predicted molar refractivity (Wildman–Crippen MR) is 92.9 cm³/mol. The van der Waals surface area contributed by atoms with Crippen LogP contribution in [0.25, 0.3) is 11.3 Å². The van der Waals surface area contributed by atoms with Gasteiger partial charge >= 0.3 is 0 Å². The second kappa shape index (κ2) is 6.89. The van der Waals surface area contributed by atoms with E-state index in [4.69, 9.17) is 16.0 Å². The van der Waals surface area contributed by atoms with E-state index >= 15 is 0 Å². The first kappa shape index (κ1) is 16.3. The third kappa shape index (κ3) is 3.19. The molecular formula is C19H15ClFNO2. The number of anilines is 1. The van der Waals surface area contributed by atoms with Crippen LogP contribution < -0.4 is 4.90 Å². The number of hydrogen-bond acceptors (Lipinski definition) is 2. The molecule has 0 aliphatic heterocycles. The average Bonchev–Trinajstić information content (AvgIpc) is 3.07. The fourth-order valence-corrected chi connectivity index (χ4v) is 2.68. The molecule has 1 amide bonds. The molecule has 1 heterocycles. The van der Waals surface area contributed by atoms with Crippen LogP contribution in [0.5, 0.6) is 0 Å². The fourth-order valence-electron chi connectivity index (χ4n) is 2.46. The van der Waals surface area contributed by atoms with Gasteiger partial charge in [-0.25, -0.2) is 4.39 Å². The Labute approximate surface area is 144 Å². The van der Waals surface area contributed by atoms with Gasteiger partial charge in [-0.05, 0) is 55.5 Å². The Morgan fingerprint density at radius 3 is 2.46 bits per heavy atom. The van der Waals surface area contributed by atoms with Crippen molar-refractivity contribution in [2.75, 3.05) is 11.4 Å². The van der Waals surface area contributed by atoms with Gasteiger partial charge in [-0.2, -0.15) is 0 Å². The second-order valence-corrected chi connectivity index (χ2v) is 5.58.